The number of carbonyl (C=O) groups is 1. The highest BCUT2D eigenvalue weighted by Crippen LogP contribution is 2.40. The second-order valence-corrected chi connectivity index (χ2v) is 7.92. The number of hydrogen-bond acceptors (Lipinski definition) is 4. The first-order valence-electron chi connectivity index (χ1n) is 9.68. The van der Waals surface area contributed by atoms with Crippen LogP contribution < -0.4 is 0 Å². The van der Waals surface area contributed by atoms with Gasteiger partial charge in [-0.15, -0.1) is 0 Å². The van der Waals surface area contributed by atoms with Gasteiger partial charge in [0.15, 0.2) is 0 Å². The first-order chi connectivity index (χ1) is 15.2. The van der Waals surface area contributed by atoms with E-state index in [1.165, 1.54) is 0 Å². The molecule has 31 heavy (non-hydrogen) atoms. The van der Waals surface area contributed by atoms with Gasteiger partial charge in [0.2, 0.25) is 0 Å². The van der Waals surface area contributed by atoms with Crippen LogP contribution in [0, 0.1) is 11.3 Å². The summed E-state index contributed by atoms with van der Waals surface area (Å²) in [6.45, 7) is 0. The second-order valence-electron chi connectivity index (χ2n) is 6.83. The molecule has 0 aliphatic heterocycles. The van der Waals surface area contributed by atoms with E-state index in [0.29, 0.717) is 21.8 Å². The molecule has 1 aromatic heterocycles. The monoisotopic (exact) mass is 422 g/mol. The van der Waals surface area contributed by atoms with Crippen LogP contribution in [0.25, 0.3) is 22.4 Å². The van der Waals surface area contributed by atoms with E-state index in [4.69, 9.17) is 4.98 Å². The van der Waals surface area contributed by atoms with Crippen LogP contribution in [-0.4, -0.2) is 16.1 Å². The number of aromatic nitrogens is 1. The molecule has 4 rings (SSSR count). The Bertz CT molecular complexity index is 1240. The van der Waals surface area contributed by atoms with Crippen molar-refractivity contribution in [1.82, 2.24) is 4.98 Å². The number of aliphatic carboxylic acids is 1. The van der Waals surface area contributed by atoms with Gasteiger partial charge in [0, 0.05) is 11.1 Å². The lowest BCUT2D eigenvalue weighted by Crippen LogP contribution is -2.09. The number of rotatable bonds is 6. The molecule has 1 unspecified atom stereocenters. The van der Waals surface area contributed by atoms with Gasteiger partial charge in [0.05, 0.1) is 11.3 Å². The van der Waals surface area contributed by atoms with Gasteiger partial charge in [0.1, 0.15) is 16.3 Å². The average Bonchev–Trinajstić information content (AvgIpc) is 2.83. The number of carboxylic acids is 1. The first kappa shape index (κ1) is 20.4. The zero-order chi connectivity index (χ0) is 21.6. The predicted octanol–water partition coefficient (Wildman–Crippen LogP) is 6.21. The molecule has 0 spiro atoms. The van der Waals surface area contributed by atoms with Gasteiger partial charge in [-0.05, 0) is 17.2 Å². The van der Waals surface area contributed by atoms with Crippen LogP contribution in [-0.2, 0) is 4.79 Å². The first-order valence-corrected chi connectivity index (χ1v) is 10.6. The molecule has 0 saturated carbocycles. The van der Waals surface area contributed by atoms with Gasteiger partial charge in [-0.2, -0.15) is 5.26 Å². The van der Waals surface area contributed by atoms with E-state index in [2.05, 4.69) is 6.07 Å². The molecule has 3 aromatic carbocycles. The fourth-order valence-corrected chi connectivity index (χ4v) is 4.36. The minimum Gasteiger partial charge on any atom is -0.480 e. The molecule has 150 valence electrons. The van der Waals surface area contributed by atoms with Crippen molar-refractivity contribution in [2.24, 2.45) is 0 Å². The minimum absolute atomic E-state index is 0.373. The van der Waals surface area contributed by atoms with E-state index in [9.17, 15) is 15.2 Å². The van der Waals surface area contributed by atoms with E-state index in [0.717, 1.165) is 28.5 Å². The summed E-state index contributed by atoms with van der Waals surface area (Å²) in [7, 11) is 0. The number of nitriles is 1. The summed E-state index contributed by atoms with van der Waals surface area (Å²) in [5.74, 6) is -0.978. The highest BCUT2D eigenvalue weighted by atomic mass is 32.2. The summed E-state index contributed by atoms with van der Waals surface area (Å²) in [6.07, 6.45) is 0. The highest BCUT2D eigenvalue weighted by Gasteiger charge is 2.25. The van der Waals surface area contributed by atoms with Crippen molar-refractivity contribution >= 4 is 17.7 Å². The number of nitrogens with zero attached hydrogens (tertiary/aromatic N) is 2. The summed E-state index contributed by atoms with van der Waals surface area (Å²) in [5, 5.41) is 19.4. The second kappa shape index (κ2) is 9.29. The number of thioether (sulfide) groups is 1. The summed E-state index contributed by atoms with van der Waals surface area (Å²) >= 11 is 1.09. The summed E-state index contributed by atoms with van der Waals surface area (Å²) in [5.41, 5.74) is 4.23. The fraction of sp³-hybridized carbons (Fsp3) is 0.0385. The van der Waals surface area contributed by atoms with E-state index < -0.39 is 11.2 Å². The number of hydrogen-bond donors (Lipinski definition) is 1. The lowest BCUT2D eigenvalue weighted by atomic mass is 9.99. The van der Waals surface area contributed by atoms with Crippen LogP contribution in [0.15, 0.2) is 102 Å². The topological polar surface area (TPSA) is 74.0 Å². The third-order valence-electron chi connectivity index (χ3n) is 4.81. The Kier molecular flexibility index (Phi) is 6.11. The lowest BCUT2D eigenvalue weighted by molar-refractivity contribution is -0.136. The Hall–Kier alpha value is -3.88. The van der Waals surface area contributed by atoms with E-state index >= 15 is 0 Å². The molecule has 0 radical (unpaired) electrons. The van der Waals surface area contributed by atoms with Crippen molar-refractivity contribution in [3.63, 3.8) is 0 Å². The standard InChI is InChI=1S/C26H18N2O2S/c27-17-22-21(18-10-4-1-5-11-18)16-23(19-12-6-2-7-13-19)28-25(22)31-24(26(29)30)20-14-8-3-9-15-20/h1-16,24H,(H,29,30). The molecule has 0 saturated heterocycles. The van der Waals surface area contributed by atoms with Crippen molar-refractivity contribution < 1.29 is 9.90 Å². The molecule has 4 aromatic rings. The normalized spacial score (nSPS) is 11.5. The summed E-state index contributed by atoms with van der Waals surface area (Å²) < 4.78 is 0. The Morgan fingerprint density at radius 2 is 1.42 bits per heavy atom. The van der Waals surface area contributed by atoms with Crippen molar-refractivity contribution in [2.75, 3.05) is 0 Å². The maximum Gasteiger partial charge on any atom is 0.321 e. The highest BCUT2D eigenvalue weighted by molar-refractivity contribution is 8.00. The molecule has 5 heteroatoms. The maximum absolute atomic E-state index is 12.1. The van der Waals surface area contributed by atoms with E-state index in [1.807, 2.05) is 72.8 Å². The minimum atomic E-state index is -0.978. The smallest absolute Gasteiger partial charge is 0.321 e. The Morgan fingerprint density at radius 3 is 1.97 bits per heavy atom. The summed E-state index contributed by atoms with van der Waals surface area (Å²) in [6, 6.07) is 32.4. The molecule has 4 nitrogen and oxygen atoms in total. The quantitative estimate of drug-likeness (QED) is 0.374. The van der Waals surface area contributed by atoms with Crippen LogP contribution in [0.4, 0.5) is 0 Å². The van der Waals surface area contributed by atoms with Gasteiger partial charge in [0.25, 0.3) is 0 Å². The van der Waals surface area contributed by atoms with Crippen molar-refractivity contribution in [3.8, 4) is 28.5 Å². The third kappa shape index (κ3) is 4.50. The molecule has 0 bridgehead atoms. The SMILES string of the molecule is N#Cc1c(-c2ccccc2)cc(-c2ccccc2)nc1SC(C(=O)O)c1ccccc1. The van der Waals surface area contributed by atoms with Crippen LogP contribution >= 0.6 is 11.8 Å². The third-order valence-corrected chi connectivity index (χ3v) is 6.04. The lowest BCUT2D eigenvalue weighted by Gasteiger charge is -2.16. The van der Waals surface area contributed by atoms with Crippen molar-refractivity contribution in [3.05, 3.63) is 108 Å². The molecule has 1 atom stereocenters. The summed E-state index contributed by atoms with van der Waals surface area (Å²) in [4.78, 5) is 16.8. The average molecular weight is 423 g/mol. The van der Waals surface area contributed by atoms with Gasteiger partial charge >= 0.3 is 5.97 Å². The number of pyridine rings is 1. The predicted molar refractivity (Wildman–Crippen MR) is 122 cm³/mol. The Labute approximate surface area is 184 Å². The molecular weight excluding hydrogens is 404 g/mol. The Balaban J connectivity index is 1.90. The van der Waals surface area contributed by atoms with Crippen LogP contribution in [0.5, 0.6) is 0 Å². The van der Waals surface area contributed by atoms with E-state index in [-0.39, 0.29) is 0 Å². The van der Waals surface area contributed by atoms with Crippen molar-refractivity contribution in [1.29, 1.82) is 5.26 Å². The maximum atomic E-state index is 12.1. The van der Waals surface area contributed by atoms with E-state index in [1.54, 1.807) is 24.3 Å². The largest absolute Gasteiger partial charge is 0.480 e. The number of benzene rings is 3. The van der Waals surface area contributed by atoms with Crippen LogP contribution in [0.3, 0.4) is 0 Å². The molecule has 1 N–H and O–H groups in total. The zero-order valence-corrected chi connectivity index (χ0v) is 17.3. The van der Waals surface area contributed by atoms with Gasteiger partial charge in [-0.25, -0.2) is 4.98 Å². The molecule has 1 heterocycles. The zero-order valence-electron chi connectivity index (χ0n) is 16.5. The number of carboxylic acid groups (broad SMARTS) is 1. The van der Waals surface area contributed by atoms with Gasteiger partial charge in [-0.1, -0.05) is 103 Å². The molecular formula is C26H18N2O2S. The molecule has 0 amide bonds. The van der Waals surface area contributed by atoms with Crippen LogP contribution in [0.1, 0.15) is 16.4 Å². The molecule has 0 aliphatic rings. The van der Waals surface area contributed by atoms with Crippen molar-refractivity contribution in [2.45, 2.75) is 10.3 Å². The Morgan fingerprint density at radius 1 is 0.871 bits per heavy atom. The molecule has 0 aliphatic carbocycles. The van der Waals surface area contributed by atoms with Crippen LogP contribution in [0.2, 0.25) is 0 Å². The fourth-order valence-electron chi connectivity index (χ4n) is 3.32. The van der Waals surface area contributed by atoms with Gasteiger partial charge < -0.3 is 5.11 Å². The van der Waals surface area contributed by atoms with Gasteiger partial charge in [-0.3, -0.25) is 4.79 Å². The molecule has 0 fully saturated rings.